The van der Waals surface area contributed by atoms with Crippen LogP contribution in [0.3, 0.4) is 0 Å². The molecule has 1 heterocycles. The molecule has 1 rings (SSSR count). The molecular formula is C13H28N2. The lowest BCUT2D eigenvalue weighted by molar-refractivity contribution is 0.286. The van der Waals surface area contributed by atoms with Crippen LogP contribution in [-0.4, -0.2) is 37.1 Å². The standard InChI is InChI=1S/C13H28N2/c1-4-6-13-7-9-15(11-13)10-12(3)14-8-5-2/h12-14H,4-11H2,1-3H3. The molecule has 1 fully saturated rings. The second kappa shape index (κ2) is 7.24. The van der Waals surface area contributed by atoms with E-state index in [1.54, 1.807) is 0 Å². The van der Waals surface area contributed by atoms with E-state index in [9.17, 15) is 0 Å². The maximum Gasteiger partial charge on any atom is 0.0166 e. The fourth-order valence-corrected chi connectivity index (χ4v) is 2.57. The van der Waals surface area contributed by atoms with E-state index >= 15 is 0 Å². The van der Waals surface area contributed by atoms with Crippen LogP contribution in [0.15, 0.2) is 0 Å². The fraction of sp³-hybridized carbons (Fsp3) is 1.00. The Morgan fingerprint density at radius 1 is 1.33 bits per heavy atom. The number of rotatable bonds is 7. The second-order valence-electron chi connectivity index (χ2n) is 5.06. The summed E-state index contributed by atoms with van der Waals surface area (Å²) in [5, 5.41) is 3.56. The topological polar surface area (TPSA) is 15.3 Å². The van der Waals surface area contributed by atoms with E-state index in [0.29, 0.717) is 6.04 Å². The molecule has 2 unspecified atom stereocenters. The third kappa shape index (κ3) is 4.98. The zero-order valence-electron chi connectivity index (χ0n) is 10.8. The van der Waals surface area contributed by atoms with Gasteiger partial charge < -0.3 is 10.2 Å². The Balaban J connectivity index is 2.12. The molecule has 1 aliphatic rings. The van der Waals surface area contributed by atoms with Crippen molar-refractivity contribution in [2.45, 2.75) is 52.5 Å². The Hall–Kier alpha value is -0.0800. The Bertz CT molecular complexity index is 159. The first-order valence-corrected chi connectivity index (χ1v) is 6.72. The van der Waals surface area contributed by atoms with Crippen LogP contribution in [0.2, 0.25) is 0 Å². The minimum absolute atomic E-state index is 0.658. The molecule has 0 spiro atoms. The van der Waals surface area contributed by atoms with Crippen LogP contribution in [0.4, 0.5) is 0 Å². The molecule has 1 N–H and O–H groups in total. The van der Waals surface area contributed by atoms with Crippen LogP contribution < -0.4 is 5.32 Å². The maximum absolute atomic E-state index is 3.56. The predicted octanol–water partition coefficient (Wildman–Crippen LogP) is 2.50. The molecule has 0 saturated carbocycles. The van der Waals surface area contributed by atoms with Gasteiger partial charge in [-0.05, 0) is 45.2 Å². The fourth-order valence-electron chi connectivity index (χ4n) is 2.57. The van der Waals surface area contributed by atoms with E-state index in [1.165, 1.54) is 45.3 Å². The zero-order chi connectivity index (χ0) is 11.1. The van der Waals surface area contributed by atoms with Crippen LogP contribution in [0.25, 0.3) is 0 Å². The van der Waals surface area contributed by atoms with Gasteiger partial charge in [-0.25, -0.2) is 0 Å². The van der Waals surface area contributed by atoms with E-state index < -0.39 is 0 Å². The molecule has 0 radical (unpaired) electrons. The highest BCUT2D eigenvalue weighted by atomic mass is 15.2. The Kier molecular flexibility index (Phi) is 6.26. The van der Waals surface area contributed by atoms with Gasteiger partial charge in [-0.15, -0.1) is 0 Å². The number of nitrogens with zero attached hydrogens (tertiary/aromatic N) is 1. The molecule has 15 heavy (non-hydrogen) atoms. The summed E-state index contributed by atoms with van der Waals surface area (Å²) in [5.74, 6) is 0.980. The number of likely N-dealkylation sites (tertiary alicyclic amines) is 1. The SMILES string of the molecule is CCCNC(C)CN1CCC(CCC)C1. The van der Waals surface area contributed by atoms with Gasteiger partial charge in [-0.2, -0.15) is 0 Å². The molecule has 2 atom stereocenters. The summed E-state index contributed by atoms with van der Waals surface area (Å²) in [6.07, 6.45) is 5.44. The number of hydrogen-bond acceptors (Lipinski definition) is 2. The summed E-state index contributed by atoms with van der Waals surface area (Å²) in [7, 11) is 0. The van der Waals surface area contributed by atoms with Crippen LogP contribution in [-0.2, 0) is 0 Å². The quantitative estimate of drug-likeness (QED) is 0.697. The van der Waals surface area contributed by atoms with E-state index in [0.717, 1.165) is 12.5 Å². The Labute approximate surface area is 95.4 Å². The minimum atomic E-state index is 0.658. The van der Waals surface area contributed by atoms with Gasteiger partial charge in [0.15, 0.2) is 0 Å². The van der Waals surface area contributed by atoms with E-state index in [4.69, 9.17) is 0 Å². The molecule has 0 aromatic carbocycles. The van der Waals surface area contributed by atoms with Gasteiger partial charge in [0, 0.05) is 19.1 Å². The van der Waals surface area contributed by atoms with Crippen molar-refractivity contribution in [1.82, 2.24) is 10.2 Å². The molecule has 0 amide bonds. The Morgan fingerprint density at radius 2 is 2.13 bits per heavy atom. The van der Waals surface area contributed by atoms with Gasteiger partial charge in [0.05, 0.1) is 0 Å². The van der Waals surface area contributed by atoms with Gasteiger partial charge in [-0.1, -0.05) is 20.3 Å². The van der Waals surface area contributed by atoms with Crippen molar-refractivity contribution in [2.24, 2.45) is 5.92 Å². The van der Waals surface area contributed by atoms with Gasteiger partial charge in [0.2, 0.25) is 0 Å². The van der Waals surface area contributed by atoms with Gasteiger partial charge in [-0.3, -0.25) is 0 Å². The average Bonchev–Trinajstić information content (AvgIpc) is 2.63. The summed E-state index contributed by atoms with van der Waals surface area (Å²) in [5.41, 5.74) is 0. The van der Waals surface area contributed by atoms with Gasteiger partial charge in [0.1, 0.15) is 0 Å². The van der Waals surface area contributed by atoms with Crippen molar-refractivity contribution >= 4 is 0 Å². The third-order valence-corrected chi connectivity index (χ3v) is 3.34. The van der Waals surface area contributed by atoms with Crippen LogP contribution in [0.1, 0.15) is 46.5 Å². The highest BCUT2D eigenvalue weighted by molar-refractivity contribution is 4.78. The van der Waals surface area contributed by atoms with Crippen molar-refractivity contribution in [3.63, 3.8) is 0 Å². The molecule has 0 bridgehead atoms. The number of hydrogen-bond donors (Lipinski definition) is 1. The lowest BCUT2D eigenvalue weighted by Crippen LogP contribution is -2.38. The lowest BCUT2D eigenvalue weighted by Gasteiger charge is -2.21. The van der Waals surface area contributed by atoms with E-state index in [-0.39, 0.29) is 0 Å². The van der Waals surface area contributed by atoms with Crippen molar-refractivity contribution < 1.29 is 0 Å². The highest BCUT2D eigenvalue weighted by Gasteiger charge is 2.22. The summed E-state index contributed by atoms with van der Waals surface area (Å²) in [6.45, 7) is 11.9. The summed E-state index contributed by atoms with van der Waals surface area (Å²) in [4.78, 5) is 2.63. The molecule has 2 heteroatoms. The maximum atomic E-state index is 3.56. The van der Waals surface area contributed by atoms with Crippen molar-refractivity contribution in [1.29, 1.82) is 0 Å². The summed E-state index contributed by atoms with van der Waals surface area (Å²) in [6, 6.07) is 0.658. The first-order valence-electron chi connectivity index (χ1n) is 6.72. The molecule has 1 aliphatic heterocycles. The highest BCUT2D eigenvalue weighted by Crippen LogP contribution is 2.20. The third-order valence-electron chi connectivity index (χ3n) is 3.34. The first-order chi connectivity index (χ1) is 7.26. The average molecular weight is 212 g/mol. The summed E-state index contributed by atoms with van der Waals surface area (Å²) >= 11 is 0. The Morgan fingerprint density at radius 3 is 2.80 bits per heavy atom. The predicted molar refractivity (Wildman–Crippen MR) is 67.2 cm³/mol. The molecule has 0 aromatic rings. The minimum Gasteiger partial charge on any atom is -0.313 e. The van der Waals surface area contributed by atoms with Gasteiger partial charge in [0.25, 0.3) is 0 Å². The van der Waals surface area contributed by atoms with Crippen molar-refractivity contribution in [3.8, 4) is 0 Å². The van der Waals surface area contributed by atoms with E-state index in [2.05, 4.69) is 31.0 Å². The van der Waals surface area contributed by atoms with Crippen molar-refractivity contribution in [3.05, 3.63) is 0 Å². The van der Waals surface area contributed by atoms with Crippen LogP contribution >= 0.6 is 0 Å². The lowest BCUT2D eigenvalue weighted by atomic mass is 10.0. The van der Waals surface area contributed by atoms with Crippen molar-refractivity contribution in [2.75, 3.05) is 26.2 Å². The van der Waals surface area contributed by atoms with Crippen LogP contribution in [0.5, 0.6) is 0 Å². The van der Waals surface area contributed by atoms with Gasteiger partial charge >= 0.3 is 0 Å². The number of nitrogens with one attached hydrogen (secondary N) is 1. The largest absolute Gasteiger partial charge is 0.313 e. The normalized spacial score (nSPS) is 24.6. The van der Waals surface area contributed by atoms with Crippen LogP contribution in [0, 0.1) is 5.92 Å². The summed E-state index contributed by atoms with van der Waals surface area (Å²) < 4.78 is 0. The monoisotopic (exact) mass is 212 g/mol. The zero-order valence-corrected chi connectivity index (χ0v) is 10.8. The first kappa shape index (κ1) is 13.0. The molecule has 2 nitrogen and oxygen atoms in total. The molecule has 0 aromatic heterocycles. The molecule has 1 saturated heterocycles. The second-order valence-corrected chi connectivity index (χ2v) is 5.06. The molecule has 90 valence electrons. The molecule has 0 aliphatic carbocycles. The van der Waals surface area contributed by atoms with E-state index in [1.807, 2.05) is 0 Å². The smallest absolute Gasteiger partial charge is 0.0166 e. The molecular weight excluding hydrogens is 184 g/mol.